The molecule has 0 aliphatic carbocycles. The number of nitrogens with two attached hydrogens (primary N) is 1. The Morgan fingerprint density at radius 1 is 1.08 bits per heavy atom. The fraction of sp³-hybridized carbons (Fsp3) is 0.385. The average molecular weight is 570 g/mol. The molecule has 0 saturated carbocycles. The normalized spacial score (nSPS) is 16.9. The van der Waals surface area contributed by atoms with E-state index in [0.29, 0.717) is 31.4 Å². The molecule has 0 aromatic heterocycles. The number of ether oxygens (including phenoxy) is 1. The summed E-state index contributed by atoms with van der Waals surface area (Å²) in [5.41, 5.74) is 5.96. The number of carbonyl (C=O) groups excluding carboxylic acids is 2. The van der Waals surface area contributed by atoms with E-state index >= 15 is 0 Å². The number of carbonyl (C=O) groups is 4. The van der Waals surface area contributed by atoms with Crippen LogP contribution in [0.25, 0.3) is 0 Å². The fourth-order valence-electron chi connectivity index (χ4n) is 4.31. The van der Waals surface area contributed by atoms with Crippen molar-refractivity contribution < 1.29 is 70.0 Å². The van der Waals surface area contributed by atoms with Crippen molar-refractivity contribution in [2.24, 2.45) is 0 Å². The number of carboxylic acids is 2. The van der Waals surface area contributed by atoms with E-state index in [1.165, 1.54) is 11.8 Å². The predicted molar refractivity (Wildman–Crippen MR) is 129 cm³/mol. The first-order chi connectivity index (χ1) is 17.2. The lowest BCUT2D eigenvalue weighted by Crippen LogP contribution is -3.00. The first-order valence-corrected chi connectivity index (χ1v) is 11.9. The summed E-state index contributed by atoms with van der Waals surface area (Å²) < 4.78 is 5.45. The molecule has 1 aliphatic heterocycles. The highest BCUT2D eigenvalue weighted by atomic mass is 35.5. The summed E-state index contributed by atoms with van der Waals surface area (Å²) in [6, 6.07) is 14.1. The number of rotatable bonds is 11. The van der Waals surface area contributed by atoms with Crippen LogP contribution in [0.4, 0.5) is 5.69 Å². The number of halogens is 2. The van der Waals surface area contributed by atoms with Gasteiger partial charge in [0.2, 0.25) is 6.04 Å². The van der Waals surface area contributed by atoms with E-state index in [-0.39, 0.29) is 24.8 Å². The number of para-hydroxylation sites is 1. The van der Waals surface area contributed by atoms with Gasteiger partial charge in [0.15, 0.2) is 18.2 Å². The van der Waals surface area contributed by atoms with Crippen LogP contribution in [0.5, 0.6) is 0 Å². The fourth-order valence-corrected chi connectivity index (χ4v) is 4.31. The van der Waals surface area contributed by atoms with E-state index in [9.17, 15) is 29.4 Å². The Bertz CT molecular complexity index is 1100. The zero-order valence-corrected chi connectivity index (χ0v) is 22.5. The van der Waals surface area contributed by atoms with Crippen LogP contribution in [0.15, 0.2) is 54.6 Å². The van der Waals surface area contributed by atoms with Crippen LogP contribution in [0.3, 0.4) is 0 Å². The van der Waals surface area contributed by atoms with Crippen molar-refractivity contribution in [3.63, 3.8) is 0 Å². The Morgan fingerprint density at radius 3 is 2.34 bits per heavy atom. The van der Waals surface area contributed by atoms with Gasteiger partial charge in [0, 0.05) is 18.5 Å². The number of amides is 1. The van der Waals surface area contributed by atoms with Gasteiger partial charge in [0.25, 0.3) is 5.91 Å². The Balaban J connectivity index is 0.00000361. The number of nitrogens with zero attached hydrogens (tertiary/aromatic N) is 1. The van der Waals surface area contributed by atoms with Gasteiger partial charge < -0.3 is 50.8 Å². The summed E-state index contributed by atoms with van der Waals surface area (Å²) in [5, 5.41) is 20.3. The lowest BCUT2D eigenvalue weighted by Gasteiger charge is -2.26. The molecular formula is C26H33Cl2N3O7. The van der Waals surface area contributed by atoms with Crippen molar-refractivity contribution in [1.82, 2.24) is 0 Å². The summed E-state index contributed by atoms with van der Waals surface area (Å²) >= 11 is 0. The highest BCUT2D eigenvalue weighted by Gasteiger charge is 2.39. The average Bonchev–Trinajstić information content (AvgIpc) is 2.98. The number of aliphatic carboxylic acids is 2. The smallest absolute Gasteiger partial charge is 0.366 e. The molecule has 38 heavy (non-hydrogen) atoms. The Morgan fingerprint density at radius 2 is 1.71 bits per heavy atom. The molecule has 1 aliphatic rings. The van der Waals surface area contributed by atoms with Crippen LogP contribution in [-0.2, 0) is 36.8 Å². The van der Waals surface area contributed by atoms with Crippen LogP contribution in [-0.4, -0.2) is 64.8 Å². The molecule has 0 spiro atoms. The number of hydrogen-bond donors (Lipinski definition) is 4. The summed E-state index contributed by atoms with van der Waals surface area (Å²) in [7, 11) is 0. The molecule has 7 N–H and O–H groups in total. The molecule has 0 fully saturated rings. The van der Waals surface area contributed by atoms with E-state index in [1.54, 1.807) is 17.4 Å². The third kappa shape index (κ3) is 8.70. The standard InChI is InChI=1S/C26H31N3O7.2ClH/c1-16(23(27)25(33)34)36-26(35)20(13-11-17-7-3-2-4-8-17)28-19-14-12-18-9-5-6-10-21(18)29(24(19)32)15-22(30)31;;/h2-10,16,19-20,23,28H,11-15,27H2,1H3,(H,30,31)(H,33,34);2*1H/t16-,19-,20+,23+;;/m1../s1. The lowest BCUT2D eigenvalue weighted by molar-refractivity contribution is -0.699. The van der Waals surface area contributed by atoms with E-state index < -0.39 is 54.6 Å². The van der Waals surface area contributed by atoms with Crippen LogP contribution < -0.4 is 40.8 Å². The van der Waals surface area contributed by atoms with Crippen molar-refractivity contribution in [2.75, 3.05) is 11.4 Å². The number of fused-ring (bicyclic) bond motifs is 1. The molecular weight excluding hydrogens is 537 g/mol. The Labute approximate surface area is 233 Å². The summed E-state index contributed by atoms with van der Waals surface area (Å²) in [6.45, 7) is 0.984. The van der Waals surface area contributed by atoms with Gasteiger partial charge in [-0.15, -0.1) is 0 Å². The molecule has 10 nitrogen and oxygen atoms in total. The molecule has 3 rings (SSSR count). The molecule has 1 amide bonds. The number of anilines is 1. The molecule has 4 atom stereocenters. The van der Waals surface area contributed by atoms with Crippen LogP contribution >= 0.6 is 0 Å². The monoisotopic (exact) mass is 569 g/mol. The zero-order valence-electron chi connectivity index (χ0n) is 21.0. The molecule has 2 aromatic carbocycles. The molecule has 208 valence electrons. The van der Waals surface area contributed by atoms with Gasteiger partial charge >= 0.3 is 17.9 Å². The van der Waals surface area contributed by atoms with E-state index in [0.717, 1.165) is 11.1 Å². The minimum absolute atomic E-state index is 0. The first-order valence-electron chi connectivity index (χ1n) is 11.9. The quantitative estimate of drug-likeness (QED) is 0.195. The van der Waals surface area contributed by atoms with Crippen molar-refractivity contribution in [3.05, 3.63) is 65.7 Å². The second kappa shape index (κ2) is 15.3. The molecule has 12 heteroatoms. The maximum absolute atomic E-state index is 13.5. The highest BCUT2D eigenvalue weighted by Crippen LogP contribution is 2.26. The van der Waals surface area contributed by atoms with E-state index in [4.69, 9.17) is 4.74 Å². The molecule has 0 bridgehead atoms. The summed E-state index contributed by atoms with van der Waals surface area (Å²) in [4.78, 5) is 50.7. The van der Waals surface area contributed by atoms with Gasteiger partial charge in [-0.2, -0.15) is 0 Å². The predicted octanol–water partition coefficient (Wildman–Crippen LogP) is -6.38. The molecule has 1 heterocycles. The largest absolute Gasteiger partial charge is 1.00 e. The summed E-state index contributed by atoms with van der Waals surface area (Å²) in [6.07, 6.45) is 0.873. The second-order valence-electron chi connectivity index (χ2n) is 9.00. The van der Waals surface area contributed by atoms with Crippen LogP contribution in [0.2, 0.25) is 0 Å². The van der Waals surface area contributed by atoms with Gasteiger partial charge in [0.05, 0.1) is 0 Å². The Hall–Kier alpha value is -3.18. The molecule has 0 radical (unpaired) electrons. The van der Waals surface area contributed by atoms with Gasteiger partial charge in [-0.3, -0.25) is 14.5 Å². The van der Waals surface area contributed by atoms with Crippen molar-refractivity contribution in [1.29, 1.82) is 0 Å². The number of carboxylic acid groups (broad SMARTS) is 2. The SMILES string of the molecule is C[C@@H](OC(=O)[C@H](CCc1ccccc1)[NH2+][C@@H]1CCc2ccccc2N(CC(=O)O)C1=O)[C@H]([NH3+])C(=O)O.[Cl-].[Cl-]. The van der Waals surface area contributed by atoms with E-state index in [1.807, 2.05) is 42.5 Å². The number of hydrogen-bond acceptors (Lipinski definition) is 5. The van der Waals surface area contributed by atoms with Crippen LogP contribution in [0, 0.1) is 0 Å². The zero-order chi connectivity index (χ0) is 26.2. The number of aryl methyl sites for hydroxylation is 2. The van der Waals surface area contributed by atoms with Gasteiger partial charge in [-0.05, 0) is 37.0 Å². The van der Waals surface area contributed by atoms with Crippen molar-refractivity contribution in [2.45, 2.75) is 56.8 Å². The third-order valence-electron chi connectivity index (χ3n) is 6.42. The second-order valence-corrected chi connectivity index (χ2v) is 9.00. The van der Waals surface area contributed by atoms with Gasteiger partial charge in [0.1, 0.15) is 6.54 Å². The van der Waals surface area contributed by atoms with Crippen molar-refractivity contribution in [3.8, 4) is 0 Å². The highest BCUT2D eigenvalue weighted by molar-refractivity contribution is 6.01. The third-order valence-corrected chi connectivity index (χ3v) is 6.42. The van der Waals surface area contributed by atoms with Gasteiger partial charge in [-0.1, -0.05) is 48.5 Å². The number of benzene rings is 2. The van der Waals surface area contributed by atoms with Crippen molar-refractivity contribution >= 4 is 29.5 Å². The summed E-state index contributed by atoms with van der Waals surface area (Å²) in [5.74, 6) is -3.34. The lowest BCUT2D eigenvalue weighted by atomic mass is 10.0. The molecule has 0 unspecified atom stereocenters. The maximum atomic E-state index is 13.5. The van der Waals surface area contributed by atoms with Crippen LogP contribution in [0.1, 0.15) is 30.9 Å². The maximum Gasteiger partial charge on any atom is 0.366 e. The first kappa shape index (κ1) is 32.8. The number of quaternary nitrogens is 2. The minimum atomic E-state index is -1.18. The number of esters is 1. The minimum Gasteiger partial charge on any atom is -1.00 e. The van der Waals surface area contributed by atoms with Gasteiger partial charge in [-0.25, -0.2) is 9.59 Å². The Kier molecular flexibility index (Phi) is 13.2. The molecule has 2 aromatic rings. The topological polar surface area (TPSA) is 165 Å². The van der Waals surface area contributed by atoms with E-state index in [2.05, 4.69) is 5.73 Å². The molecule has 0 saturated heterocycles.